The fraction of sp³-hybridized carbons (Fsp3) is 0.219. The zero-order chi connectivity index (χ0) is 28.8. The summed E-state index contributed by atoms with van der Waals surface area (Å²) < 4.78 is 18.7. The molecule has 1 amide bonds. The van der Waals surface area contributed by atoms with Crippen molar-refractivity contribution in [2.45, 2.75) is 33.2 Å². The predicted molar refractivity (Wildman–Crippen MR) is 155 cm³/mol. The summed E-state index contributed by atoms with van der Waals surface area (Å²) in [5.74, 6) is 0.447. The first kappa shape index (κ1) is 27.7. The van der Waals surface area contributed by atoms with Crippen molar-refractivity contribution in [2.75, 3.05) is 13.7 Å². The molecule has 0 radical (unpaired) electrons. The van der Waals surface area contributed by atoms with Crippen molar-refractivity contribution in [3.8, 4) is 11.6 Å². The quantitative estimate of drug-likeness (QED) is 0.200. The molecule has 0 saturated heterocycles. The maximum absolute atomic E-state index is 13.7. The van der Waals surface area contributed by atoms with Gasteiger partial charge in [0.2, 0.25) is 11.8 Å². The van der Waals surface area contributed by atoms with Crippen LogP contribution < -0.4 is 9.47 Å². The van der Waals surface area contributed by atoms with Crippen LogP contribution in [0.5, 0.6) is 11.6 Å². The molecular weight excluding hydrogens is 522 g/mol. The highest BCUT2D eigenvalue weighted by atomic mass is 16.7. The normalized spacial score (nSPS) is 11.1. The van der Waals surface area contributed by atoms with Gasteiger partial charge in [0.1, 0.15) is 18.9 Å². The Bertz CT molecular complexity index is 1670. The minimum Gasteiger partial charge on any atom is -0.488 e. The molecule has 9 nitrogen and oxygen atoms in total. The molecule has 0 atom stereocenters. The molecule has 0 spiro atoms. The lowest BCUT2D eigenvalue weighted by Gasteiger charge is -2.22. The lowest BCUT2D eigenvalue weighted by atomic mass is 10.1. The summed E-state index contributed by atoms with van der Waals surface area (Å²) in [5, 5.41) is 10.7. The van der Waals surface area contributed by atoms with E-state index in [1.807, 2.05) is 90.4 Å². The van der Waals surface area contributed by atoms with E-state index in [1.54, 1.807) is 4.90 Å². The summed E-state index contributed by atoms with van der Waals surface area (Å²) in [6.07, 6.45) is 0.0577. The number of methoxy groups -OCH3 is 1. The number of hydrogen-bond acceptors (Lipinski definition) is 6. The number of rotatable bonds is 11. The minimum absolute atomic E-state index is 0.0438. The number of fused-ring (bicyclic) bond motifs is 3. The number of nitrogens with zero attached hydrogens (tertiary/aromatic N) is 3. The van der Waals surface area contributed by atoms with E-state index in [9.17, 15) is 14.7 Å². The molecule has 0 bridgehead atoms. The maximum atomic E-state index is 13.7. The zero-order valence-corrected chi connectivity index (χ0v) is 22.9. The fourth-order valence-corrected chi connectivity index (χ4v) is 5.02. The van der Waals surface area contributed by atoms with Crippen molar-refractivity contribution in [3.63, 3.8) is 0 Å². The van der Waals surface area contributed by atoms with Crippen LogP contribution in [-0.4, -0.2) is 45.3 Å². The van der Waals surface area contributed by atoms with Crippen molar-refractivity contribution in [3.05, 3.63) is 102 Å². The highest BCUT2D eigenvalue weighted by Crippen LogP contribution is 2.40. The van der Waals surface area contributed by atoms with Crippen LogP contribution in [0.4, 0.5) is 4.79 Å². The van der Waals surface area contributed by atoms with Gasteiger partial charge in [0, 0.05) is 25.6 Å². The Kier molecular flexibility index (Phi) is 8.45. The van der Waals surface area contributed by atoms with Crippen LogP contribution in [0.15, 0.2) is 85.1 Å². The second-order valence-electron chi connectivity index (χ2n) is 9.51. The van der Waals surface area contributed by atoms with E-state index < -0.39 is 6.16 Å². The van der Waals surface area contributed by atoms with Crippen LogP contribution in [-0.2, 0) is 35.8 Å². The second kappa shape index (κ2) is 12.5. The Balaban J connectivity index is 1.63. The largest absolute Gasteiger partial charge is 0.512 e. The van der Waals surface area contributed by atoms with Gasteiger partial charge in [-0.3, -0.25) is 4.79 Å². The molecule has 2 aromatic heterocycles. The van der Waals surface area contributed by atoms with Gasteiger partial charge in [-0.15, -0.1) is 0 Å². The summed E-state index contributed by atoms with van der Waals surface area (Å²) in [4.78, 5) is 31.3. The minimum atomic E-state index is -1.48. The predicted octanol–water partition coefficient (Wildman–Crippen LogP) is 6.02. The van der Waals surface area contributed by atoms with E-state index in [2.05, 4.69) is 4.98 Å². The third-order valence-corrected chi connectivity index (χ3v) is 6.91. The van der Waals surface area contributed by atoms with Crippen LogP contribution in [0.1, 0.15) is 23.6 Å². The standard InChI is InChI=1S/C32H31N3O6/c1-3-34(18-22-11-6-4-7-12-22)28(36)19-35-25-15-10-16-27(40-20-23-13-8-5-9-14-23)30(25)29-24(21-39-2)31(41-32(37)38)33-17-26(29)35/h4-17H,3,18-21H2,1-2H3,(H,37,38). The topological polar surface area (TPSA) is 103 Å². The summed E-state index contributed by atoms with van der Waals surface area (Å²) >= 11 is 0. The number of amides is 1. The number of benzene rings is 3. The van der Waals surface area contributed by atoms with E-state index in [0.717, 1.165) is 22.0 Å². The van der Waals surface area contributed by atoms with Crippen LogP contribution in [0.25, 0.3) is 21.8 Å². The molecule has 5 aromatic rings. The first-order chi connectivity index (χ1) is 20.0. The van der Waals surface area contributed by atoms with Crippen molar-refractivity contribution < 1.29 is 28.9 Å². The third kappa shape index (κ3) is 6.00. The number of carboxylic acid groups (broad SMARTS) is 1. The smallest absolute Gasteiger partial charge is 0.488 e. The van der Waals surface area contributed by atoms with E-state index in [1.165, 1.54) is 13.3 Å². The third-order valence-electron chi connectivity index (χ3n) is 6.91. The SMILES string of the molecule is CCN(Cc1ccccc1)C(=O)Cn1c2cccc(OCc3ccccc3)c2c2c(COC)c(OC(=O)O)ncc21. The Morgan fingerprint density at radius 3 is 2.24 bits per heavy atom. The highest BCUT2D eigenvalue weighted by molar-refractivity contribution is 6.13. The Hall–Kier alpha value is -4.89. The van der Waals surface area contributed by atoms with Crippen LogP contribution >= 0.6 is 0 Å². The number of pyridine rings is 1. The molecule has 0 aliphatic rings. The number of likely N-dealkylation sites (N-methyl/N-ethyl adjacent to an activating group) is 1. The molecule has 2 heterocycles. The van der Waals surface area contributed by atoms with Gasteiger partial charge in [-0.2, -0.15) is 0 Å². The van der Waals surface area contributed by atoms with Crippen LogP contribution in [0.2, 0.25) is 0 Å². The average Bonchev–Trinajstić information content (AvgIpc) is 3.30. The highest BCUT2D eigenvalue weighted by Gasteiger charge is 2.24. The molecule has 1 N–H and O–H groups in total. The first-order valence-corrected chi connectivity index (χ1v) is 13.3. The van der Waals surface area contributed by atoms with E-state index in [4.69, 9.17) is 14.2 Å². The van der Waals surface area contributed by atoms with Crippen molar-refractivity contribution >= 4 is 33.9 Å². The van der Waals surface area contributed by atoms with Crippen molar-refractivity contribution in [2.24, 2.45) is 0 Å². The molecule has 0 saturated carbocycles. The molecule has 0 aliphatic heterocycles. The molecule has 3 aromatic carbocycles. The lowest BCUT2D eigenvalue weighted by molar-refractivity contribution is -0.132. The van der Waals surface area contributed by atoms with Gasteiger partial charge in [-0.25, -0.2) is 9.78 Å². The Morgan fingerprint density at radius 2 is 1.59 bits per heavy atom. The number of carbonyl (C=O) groups excluding carboxylic acids is 1. The van der Waals surface area contributed by atoms with E-state index in [0.29, 0.717) is 41.9 Å². The van der Waals surface area contributed by atoms with E-state index in [-0.39, 0.29) is 24.9 Å². The summed E-state index contributed by atoms with van der Waals surface area (Å²) in [6, 6.07) is 25.3. The van der Waals surface area contributed by atoms with Gasteiger partial charge in [-0.05, 0) is 30.2 Å². The van der Waals surface area contributed by atoms with Gasteiger partial charge >= 0.3 is 6.16 Å². The number of aromatic nitrogens is 2. The summed E-state index contributed by atoms with van der Waals surface area (Å²) in [7, 11) is 1.52. The number of carbonyl (C=O) groups is 2. The summed E-state index contributed by atoms with van der Waals surface area (Å²) in [5.41, 5.74) is 3.89. The molecule has 5 rings (SSSR count). The van der Waals surface area contributed by atoms with Gasteiger partial charge in [0.25, 0.3) is 0 Å². The van der Waals surface area contributed by atoms with Gasteiger partial charge in [0.05, 0.1) is 34.8 Å². The molecular formula is C32H31N3O6. The fourth-order valence-electron chi connectivity index (χ4n) is 5.02. The number of ether oxygens (including phenoxy) is 3. The first-order valence-electron chi connectivity index (χ1n) is 13.3. The molecule has 0 fully saturated rings. The van der Waals surface area contributed by atoms with Crippen LogP contribution in [0, 0.1) is 0 Å². The molecule has 9 heteroatoms. The van der Waals surface area contributed by atoms with Crippen LogP contribution in [0.3, 0.4) is 0 Å². The Labute approximate surface area is 237 Å². The van der Waals surface area contributed by atoms with Gasteiger partial charge in [-0.1, -0.05) is 66.7 Å². The van der Waals surface area contributed by atoms with E-state index >= 15 is 0 Å². The Morgan fingerprint density at radius 1 is 0.878 bits per heavy atom. The second-order valence-corrected chi connectivity index (χ2v) is 9.51. The average molecular weight is 554 g/mol. The summed E-state index contributed by atoms with van der Waals surface area (Å²) in [6.45, 7) is 3.41. The van der Waals surface area contributed by atoms with Gasteiger partial charge in [0.15, 0.2) is 0 Å². The maximum Gasteiger partial charge on any atom is 0.512 e. The molecule has 210 valence electrons. The molecule has 0 unspecified atom stereocenters. The zero-order valence-electron chi connectivity index (χ0n) is 22.9. The van der Waals surface area contributed by atoms with Gasteiger partial charge < -0.3 is 28.8 Å². The van der Waals surface area contributed by atoms with Crippen molar-refractivity contribution in [1.82, 2.24) is 14.5 Å². The lowest BCUT2D eigenvalue weighted by Crippen LogP contribution is -2.33. The number of hydrogen-bond donors (Lipinski definition) is 1. The molecule has 0 aliphatic carbocycles. The molecule has 41 heavy (non-hydrogen) atoms. The van der Waals surface area contributed by atoms with Crippen molar-refractivity contribution in [1.29, 1.82) is 0 Å². The monoisotopic (exact) mass is 553 g/mol.